The minimum atomic E-state index is -0.0484. The van der Waals surface area contributed by atoms with E-state index in [4.69, 9.17) is 4.74 Å². The average Bonchev–Trinajstić information content (AvgIpc) is 3.13. The number of methoxy groups -OCH3 is 1. The molecule has 138 valence electrons. The number of aryl methyl sites for hydroxylation is 1. The van der Waals surface area contributed by atoms with Crippen LogP contribution in [0.1, 0.15) is 40.9 Å². The fourth-order valence-electron chi connectivity index (χ4n) is 4.01. The highest BCUT2D eigenvalue weighted by Crippen LogP contribution is 2.35. The van der Waals surface area contributed by atoms with Crippen molar-refractivity contribution in [2.45, 2.75) is 32.1 Å². The van der Waals surface area contributed by atoms with Gasteiger partial charge in [-0.3, -0.25) is 9.89 Å². The van der Waals surface area contributed by atoms with E-state index >= 15 is 0 Å². The second-order valence-electron chi connectivity index (χ2n) is 7.11. The van der Waals surface area contributed by atoms with Gasteiger partial charge in [0.1, 0.15) is 11.4 Å². The molecule has 2 aromatic rings. The van der Waals surface area contributed by atoms with Gasteiger partial charge in [0.25, 0.3) is 5.91 Å². The lowest BCUT2D eigenvalue weighted by atomic mass is 9.89. The van der Waals surface area contributed by atoms with Gasteiger partial charge in [-0.1, -0.05) is 6.42 Å². The van der Waals surface area contributed by atoms with Crippen LogP contribution in [0.3, 0.4) is 0 Å². The van der Waals surface area contributed by atoms with Gasteiger partial charge in [0, 0.05) is 24.2 Å². The zero-order valence-electron chi connectivity index (χ0n) is 15.3. The summed E-state index contributed by atoms with van der Waals surface area (Å²) in [5.41, 5.74) is 4.85. The zero-order valence-corrected chi connectivity index (χ0v) is 15.3. The third-order valence-corrected chi connectivity index (χ3v) is 5.47. The summed E-state index contributed by atoms with van der Waals surface area (Å²) in [6, 6.07) is 6.04. The number of likely N-dealkylation sites (tertiary alicyclic amines) is 1. The maximum atomic E-state index is 12.6. The number of carbonyl (C=O) groups is 1. The van der Waals surface area contributed by atoms with Gasteiger partial charge in [0.2, 0.25) is 0 Å². The van der Waals surface area contributed by atoms with Crippen molar-refractivity contribution in [3.05, 3.63) is 35.0 Å². The van der Waals surface area contributed by atoms with Crippen LogP contribution < -0.4 is 10.1 Å². The summed E-state index contributed by atoms with van der Waals surface area (Å²) >= 11 is 0. The number of H-pyrrole nitrogens is 1. The average molecular weight is 354 g/mol. The zero-order chi connectivity index (χ0) is 17.9. The lowest BCUT2D eigenvalue weighted by molar-refractivity contribution is 0.0940. The summed E-state index contributed by atoms with van der Waals surface area (Å²) < 4.78 is 5.31. The predicted octanol–water partition coefficient (Wildman–Crippen LogP) is 2.40. The lowest BCUT2D eigenvalue weighted by Gasteiger charge is -2.26. The Morgan fingerprint density at radius 3 is 2.92 bits per heavy atom. The number of benzene rings is 1. The molecule has 0 radical (unpaired) electrons. The Morgan fingerprint density at radius 2 is 2.12 bits per heavy atom. The Morgan fingerprint density at radius 1 is 1.27 bits per heavy atom. The third kappa shape index (κ3) is 3.33. The molecule has 1 aromatic carbocycles. The highest BCUT2D eigenvalue weighted by Gasteiger charge is 2.25. The van der Waals surface area contributed by atoms with E-state index in [0.717, 1.165) is 55.0 Å². The Balaban J connectivity index is 1.44. The number of carbonyl (C=O) groups excluding carboxylic acids is 1. The fourth-order valence-corrected chi connectivity index (χ4v) is 4.01. The van der Waals surface area contributed by atoms with Gasteiger partial charge < -0.3 is 15.0 Å². The maximum absolute atomic E-state index is 12.6. The van der Waals surface area contributed by atoms with E-state index in [0.29, 0.717) is 12.2 Å². The molecule has 2 heterocycles. The molecule has 26 heavy (non-hydrogen) atoms. The number of aromatic nitrogens is 2. The number of hydrogen-bond donors (Lipinski definition) is 2. The number of piperidine rings is 1. The fraction of sp³-hybridized carbons (Fsp3) is 0.500. The first-order chi connectivity index (χ1) is 12.8. The number of fused-ring (bicyclic) bond motifs is 3. The minimum absolute atomic E-state index is 0.0484. The van der Waals surface area contributed by atoms with Crippen LogP contribution in [0, 0.1) is 0 Å². The smallest absolute Gasteiger partial charge is 0.269 e. The highest BCUT2D eigenvalue weighted by atomic mass is 16.5. The maximum Gasteiger partial charge on any atom is 0.269 e. The standard InChI is InChI=1S/C20H26N4O2/c1-26-15-6-8-16-14(13-15)5-7-17-18(16)22-23-19(17)20(25)21-9-12-24-10-3-2-4-11-24/h6,8,13H,2-5,7,9-12H2,1H3,(H,21,25)(H,22,23). The largest absolute Gasteiger partial charge is 0.497 e. The molecule has 1 aromatic heterocycles. The molecule has 0 bridgehead atoms. The summed E-state index contributed by atoms with van der Waals surface area (Å²) in [5.74, 6) is 0.811. The molecule has 1 fully saturated rings. The first kappa shape index (κ1) is 17.1. The van der Waals surface area contributed by atoms with Crippen LogP contribution in [0.2, 0.25) is 0 Å². The molecule has 2 N–H and O–H groups in total. The number of nitrogens with one attached hydrogen (secondary N) is 2. The van der Waals surface area contributed by atoms with E-state index in [1.807, 2.05) is 12.1 Å². The minimum Gasteiger partial charge on any atom is -0.497 e. The van der Waals surface area contributed by atoms with E-state index in [1.54, 1.807) is 7.11 Å². The Bertz CT molecular complexity index is 793. The summed E-state index contributed by atoms with van der Waals surface area (Å²) in [6.45, 7) is 3.90. The van der Waals surface area contributed by atoms with Gasteiger partial charge in [-0.25, -0.2) is 0 Å². The van der Waals surface area contributed by atoms with Crippen LogP contribution in [0.15, 0.2) is 18.2 Å². The molecular weight excluding hydrogens is 328 g/mol. The second kappa shape index (κ2) is 7.50. The van der Waals surface area contributed by atoms with Gasteiger partial charge >= 0.3 is 0 Å². The summed E-state index contributed by atoms with van der Waals surface area (Å²) in [7, 11) is 1.68. The van der Waals surface area contributed by atoms with Crippen LogP contribution in [0.4, 0.5) is 0 Å². The van der Waals surface area contributed by atoms with E-state index in [2.05, 4.69) is 26.5 Å². The summed E-state index contributed by atoms with van der Waals surface area (Å²) in [5, 5.41) is 10.5. The molecule has 0 atom stereocenters. The molecule has 0 saturated carbocycles. The molecule has 1 amide bonds. The van der Waals surface area contributed by atoms with Crippen molar-refractivity contribution in [2.75, 3.05) is 33.3 Å². The number of ether oxygens (including phenoxy) is 1. The van der Waals surface area contributed by atoms with E-state index < -0.39 is 0 Å². The van der Waals surface area contributed by atoms with Crippen LogP contribution in [-0.2, 0) is 12.8 Å². The van der Waals surface area contributed by atoms with Crippen LogP contribution in [-0.4, -0.2) is 54.3 Å². The molecule has 6 nitrogen and oxygen atoms in total. The number of amides is 1. The van der Waals surface area contributed by atoms with Gasteiger partial charge in [-0.2, -0.15) is 5.10 Å². The molecule has 0 spiro atoms. The summed E-state index contributed by atoms with van der Waals surface area (Å²) in [6.07, 6.45) is 5.59. The molecule has 1 aliphatic heterocycles. The van der Waals surface area contributed by atoms with E-state index in [-0.39, 0.29) is 5.91 Å². The van der Waals surface area contributed by atoms with Crippen molar-refractivity contribution in [3.63, 3.8) is 0 Å². The van der Waals surface area contributed by atoms with Gasteiger partial charge in [0.05, 0.1) is 12.8 Å². The lowest BCUT2D eigenvalue weighted by Crippen LogP contribution is -2.38. The second-order valence-corrected chi connectivity index (χ2v) is 7.11. The molecule has 2 aliphatic rings. The molecule has 6 heteroatoms. The Labute approximate surface area is 153 Å². The Kier molecular flexibility index (Phi) is 4.93. The van der Waals surface area contributed by atoms with Crippen molar-refractivity contribution in [3.8, 4) is 17.0 Å². The number of nitrogens with zero attached hydrogens (tertiary/aromatic N) is 2. The van der Waals surface area contributed by atoms with Crippen molar-refractivity contribution in [1.82, 2.24) is 20.4 Å². The summed E-state index contributed by atoms with van der Waals surface area (Å²) in [4.78, 5) is 15.0. The first-order valence-corrected chi connectivity index (χ1v) is 9.51. The molecule has 1 saturated heterocycles. The monoisotopic (exact) mass is 354 g/mol. The number of hydrogen-bond acceptors (Lipinski definition) is 4. The normalized spacial score (nSPS) is 16.7. The van der Waals surface area contributed by atoms with Gasteiger partial charge in [0.15, 0.2) is 0 Å². The van der Waals surface area contributed by atoms with E-state index in [9.17, 15) is 4.79 Å². The Hall–Kier alpha value is -2.34. The first-order valence-electron chi connectivity index (χ1n) is 9.51. The van der Waals surface area contributed by atoms with E-state index in [1.165, 1.54) is 24.8 Å². The molecular formula is C20H26N4O2. The van der Waals surface area contributed by atoms with Crippen molar-refractivity contribution in [2.24, 2.45) is 0 Å². The van der Waals surface area contributed by atoms with Gasteiger partial charge in [-0.05, 0) is 62.5 Å². The predicted molar refractivity (Wildman–Crippen MR) is 101 cm³/mol. The van der Waals surface area contributed by atoms with Crippen LogP contribution >= 0.6 is 0 Å². The quantitative estimate of drug-likeness (QED) is 0.865. The SMILES string of the molecule is COc1ccc2c(c1)CCc1c-2n[nH]c1C(=O)NCCN1CCCCC1. The van der Waals surface area contributed by atoms with Crippen molar-refractivity contribution >= 4 is 5.91 Å². The molecule has 1 aliphatic carbocycles. The van der Waals surface area contributed by atoms with Crippen molar-refractivity contribution < 1.29 is 9.53 Å². The third-order valence-electron chi connectivity index (χ3n) is 5.47. The number of rotatable bonds is 5. The van der Waals surface area contributed by atoms with Crippen LogP contribution in [0.25, 0.3) is 11.3 Å². The highest BCUT2D eigenvalue weighted by molar-refractivity contribution is 5.96. The molecule has 0 unspecified atom stereocenters. The number of aromatic amines is 1. The van der Waals surface area contributed by atoms with Gasteiger partial charge in [-0.15, -0.1) is 0 Å². The van der Waals surface area contributed by atoms with Crippen molar-refractivity contribution in [1.29, 1.82) is 0 Å². The topological polar surface area (TPSA) is 70.2 Å². The molecule has 4 rings (SSSR count). The van der Waals surface area contributed by atoms with Crippen LogP contribution in [0.5, 0.6) is 5.75 Å².